The summed E-state index contributed by atoms with van der Waals surface area (Å²) in [4.78, 5) is 24.7. The molecule has 6 nitrogen and oxygen atoms in total. The first-order valence-corrected chi connectivity index (χ1v) is 8.03. The SMILES string of the molecule is CCCCc1nnc(NC(=O)CN2CCSC2=O)s1. The zero-order chi connectivity index (χ0) is 13.7. The summed E-state index contributed by atoms with van der Waals surface area (Å²) < 4.78 is 0. The van der Waals surface area contributed by atoms with E-state index >= 15 is 0 Å². The van der Waals surface area contributed by atoms with Gasteiger partial charge in [-0.3, -0.25) is 14.9 Å². The lowest BCUT2D eigenvalue weighted by Crippen LogP contribution is -2.33. The van der Waals surface area contributed by atoms with Gasteiger partial charge >= 0.3 is 0 Å². The Labute approximate surface area is 120 Å². The number of aromatic nitrogens is 2. The summed E-state index contributed by atoms with van der Waals surface area (Å²) in [6.45, 7) is 2.85. The van der Waals surface area contributed by atoms with Crippen molar-refractivity contribution in [3.8, 4) is 0 Å². The van der Waals surface area contributed by atoms with Gasteiger partial charge in [-0.1, -0.05) is 36.4 Å². The summed E-state index contributed by atoms with van der Waals surface area (Å²) >= 11 is 2.65. The molecule has 1 aromatic rings. The van der Waals surface area contributed by atoms with Crippen LogP contribution in [0, 0.1) is 0 Å². The number of hydrogen-bond donors (Lipinski definition) is 1. The van der Waals surface area contributed by atoms with E-state index in [-0.39, 0.29) is 17.7 Å². The van der Waals surface area contributed by atoms with Gasteiger partial charge in [-0.05, 0) is 6.42 Å². The molecular weight excluding hydrogens is 284 g/mol. The minimum absolute atomic E-state index is 0.0314. The molecule has 1 aliphatic rings. The first-order valence-electron chi connectivity index (χ1n) is 6.23. The highest BCUT2D eigenvalue weighted by Gasteiger charge is 2.23. The standard InChI is InChI=1S/C11H16N4O2S2/c1-2-3-4-9-13-14-10(19-9)12-8(16)7-15-5-6-18-11(15)17/h2-7H2,1H3,(H,12,14,16). The summed E-state index contributed by atoms with van der Waals surface area (Å²) in [7, 11) is 0. The predicted molar refractivity (Wildman–Crippen MR) is 76.6 cm³/mol. The predicted octanol–water partition coefficient (Wildman–Crippen LogP) is 1.99. The van der Waals surface area contributed by atoms with Crippen molar-refractivity contribution in [1.82, 2.24) is 15.1 Å². The molecule has 1 saturated heterocycles. The van der Waals surface area contributed by atoms with Gasteiger partial charge in [0, 0.05) is 18.7 Å². The van der Waals surface area contributed by atoms with Crippen LogP contribution < -0.4 is 5.32 Å². The Hall–Kier alpha value is -1.15. The third-order valence-electron chi connectivity index (χ3n) is 2.64. The van der Waals surface area contributed by atoms with Gasteiger partial charge in [0.15, 0.2) is 0 Å². The molecular formula is C11H16N4O2S2. The third kappa shape index (κ3) is 4.17. The zero-order valence-corrected chi connectivity index (χ0v) is 12.4. The first kappa shape index (κ1) is 14.3. The van der Waals surface area contributed by atoms with Gasteiger partial charge in [0.25, 0.3) is 5.24 Å². The van der Waals surface area contributed by atoms with Crippen molar-refractivity contribution in [1.29, 1.82) is 0 Å². The van der Waals surface area contributed by atoms with Crippen LogP contribution >= 0.6 is 23.1 Å². The van der Waals surface area contributed by atoms with E-state index in [1.54, 1.807) is 4.90 Å². The molecule has 1 fully saturated rings. The summed E-state index contributed by atoms with van der Waals surface area (Å²) in [6.07, 6.45) is 3.07. The number of rotatable bonds is 6. The molecule has 0 bridgehead atoms. The van der Waals surface area contributed by atoms with E-state index < -0.39 is 0 Å². The van der Waals surface area contributed by atoms with Gasteiger partial charge in [0.2, 0.25) is 11.0 Å². The summed E-state index contributed by atoms with van der Waals surface area (Å²) in [5, 5.41) is 12.1. The second-order valence-electron chi connectivity index (χ2n) is 4.19. The number of hydrogen-bond acceptors (Lipinski definition) is 6. The lowest BCUT2D eigenvalue weighted by Gasteiger charge is -2.12. The lowest BCUT2D eigenvalue weighted by atomic mass is 10.3. The van der Waals surface area contributed by atoms with Crippen molar-refractivity contribution in [2.24, 2.45) is 0 Å². The molecule has 19 heavy (non-hydrogen) atoms. The topological polar surface area (TPSA) is 75.2 Å². The number of thioether (sulfide) groups is 1. The highest BCUT2D eigenvalue weighted by Crippen LogP contribution is 2.19. The number of nitrogens with zero attached hydrogens (tertiary/aromatic N) is 3. The van der Waals surface area contributed by atoms with E-state index in [0.717, 1.165) is 30.0 Å². The molecule has 1 N–H and O–H groups in total. The van der Waals surface area contributed by atoms with Gasteiger partial charge in [0.05, 0.1) is 0 Å². The Balaban J connectivity index is 1.81. The molecule has 1 aromatic heterocycles. The van der Waals surface area contributed by atoms with Crippen LogP contribution in [0.5, 0.6) is 0 Å². The van der Waals surface area contributed by atoms with Crippen LogP contribution in [0.3, 0.4) is 0 Å². The zero-order valence-electron chi connectivity index (χ0n) is 10.7. The Kier molecular flexibility index (Phi) is 5.15. The average Bonchev–Trinajstić information content (AvgIpc) is 2.97. The quantitative estimate of drug-likeness (QED) is 0.869. The Morgan fingerprint density at radius 3 is 3.00 bits per heavy atom. The van der Waals surface area contributed by atoms with Gasteiger partial charge < -0.3 is 4.90 Å². The molecule has 0 aliphatic carbocycles. The van der Waals surface area contributed by atoms with E-state index in [4.69, 9.17) is 0 Å². The highest BCUT2D eigenvalue weighted by molar-refractivity contribution is 8.13. The number of nitrogens with one attached hydrogen (secondary N) is 1. The molecule has 0 aromatic carbocycles. The minimum Gasteiger partial charge on any atom is -0.323 e. The average molecular weight is 300 g/mol. The van der Waals surface area contributed by atoms with Crippen molar-refractivity contribution >= 4 is 39.4 Å². The maximum Gasteiger partial charge on any atom is 0.282 e. The molecule has 0 unspecified atom stereocenters. The van der Waals surface area contributed by atoms with Crippen molar-refractivity contribution in [2.75, 3.05) is 24.2 Å². The maximum atomic E-state index is 11.8. The monoisotopic (exact) mass is 300 g/mol. The fraction of sp³-hybridized carbons (Fsp3) is 0.636. The molecule has 0 atom stereocenters. The fourth-order valence-electron chi connectivity index (χ4n) is 1.63. The molecule has 2 amide bonds. The summed E-state index contributed by atoms with van der Waals surface area (Å²) in [5.41, 5.74) is 0. The molecule has 0 saturated carbocycles. The molecule has 8 heteroatoms. The number of carbonyl (C=O) groups is 2. The number of amides is 2. The number of carbonyl (C=O) groups excluding carboxylic acids is 2. The molecule has 1 aliphatic heterocycles. The maximum absolute atomic E-state index is 11.8. The van der Waals surface area contributed by atoms with Crippen LogP contribution in [-0.4, -0.2) is 45.1 Å². The van der Waals surface area contributed by atoms with E-state index in [1.165, 1.54) is 23.1 Å². The van der Waals surface area contributed by atoms with Crippen LogP contribution in [0.2, 0.25) is 0 Å². The normalized spacial score (nSPS) is 15.0. The largest absolute Gasteiger partial charge is 0.323 e. The van der Waals surface area contributed by atoms with Gasteiger partial charge in [-0.25, -0.2) is 0 Å². The molecule has 104 valence electrons. The van der Waals surface area contributed by atoms with Crippen LogP contribution in [0.25, 0.3) is 0 Å². The van der Waals surface area contributed by atoms with Crippen LogP contribution in [0.15, 0.2) is 0 Å². The van der Waals surface area contributed by atoms with Crippen molar-refractivity contribution in [2.45, 2.75) is 26.2 Å². The summed E-state index contributed by atoms with van der Waals surface area (Å²) in [5.74, 6) is 0.542. The molecule has 0 radical (unpaired) electrons. The molecule has 2 heterocycles. The van der Waals surface area contributed by atoms with Crippen molar-refractivity contribution in [3.05, 3.63) is 5.01 Å². The van der Waals surface area contributed by atoms with Crippen LogP contribution in [0.1, 0.15) is 24.8 Å². The molecule has 2 rings (SSSR count). The Morgan fingerprint density at radius 2 is 2.32 bits per heavy atom. The number of unbranched alkanes of at least 4 members (excludes halogenated alkanes) is 1. The van der Waals surface area contributed by atoms with Gasteiger partial charge in [0.1, 0.15) is 11.6 Å². The second kappa shape index (κ2) is 6.85. The minimum atomic E-state index is -0.214. The van der Waals surface area contributed by atoms with E-state index in [9.17, 15) is 9.59 Å². The van der Waals surface area contributed by atoms with Gasteiger partial charge in [-0.15, -0.1) is 10.2 Å². The molecule has 0 spiro atoms. The highest BCUT2D eigenvalue weighted by atomic mass is 32.2. The van der Waals surface area contributed by atoms with Gasteiger partial charge in [-0.2, -0.15) is 0 Å². The van der Waals surface area contributed by atoms with E-state index in [1.807, 2.05) is 0 Å². The van der Waals surface area contributed by atoms with Crippen LogP contribution in [0.4, 0.5) is 9.93 Å². The summed E-state index contributed by atoms with van der Waals surface area (Å²) in [6, 6.07) is 0. The number of anilines is 1. The third-order valence-corrected chi connectivity index (χ3v) is 4.43. The van der Waals surface area contributed by atoms with Crippen LogP contribution in [-0.2, 0) is 11.2 Å². The van der Waals surface area contributed by atoms with E-state index in [0.29, 0.717) is 11.7 Å². The lowest BCUT2D eigenvalue weighted by molar-refractivity contribution is -0.116. The fourth-order valence-corrected chi connectivity index (χ4v) is 3.26. The Bertz CT molecular complexity index is 463. The van der Waals surface area contributed by atoms with Crippen molar-refractivity contribution < 1.29 is 9.59 Å². The smallest absolute Gasteiger partial charge is 0.282 e. The first-order chi connectivity index (χ1) is 9.19. The Morgan fingerprint density at radius 1 is 1.47 bits per heavy atom. The van der Waals surface area contributed by atoms with Crippen molar-refractivity contribution in [3.63, 3.8) is 0 Å². The second-order valence-corrected chi connectivity index (χ2v) is 6.30. The van der Waals surface area contributed by atoms with E-state index in [2.05, 4.69) is 22.4 Å². The number of aryl methyl sites for hydroxylation is 1.